The van der Waals surface area contributed by atoms with Gasteiger partial charge in [0.1, 0.15) is 5.82 Å². The lowest BCUT2D eigenvalue weighted by atomic mass is 10.1. The molecule has 1 heterocycles. The third-order valence-corrected chi connectivity index (χ3v) is 5.76. The maximum absolute atomic E-state index is 13.6. The summed E-state index contributed by atoms with van der Waals surface area (Å²) in [6.07, 6.45) is 0.163. The fourth-order valence-electron chi connectivity index (χ4n) is 2.93. The monoisotopic (exact) mass is 410 g/mol. The number of rotatable bonds is 5. The number of anilines is 1. The third-order valence-electron chi connectivity index (χ3n) is 4.35. The van der Waals surface area contributed by atoms with Crippen LogP contribution < -0.4 is 4.90 Å². The lowest BCUT2D eigenvalue weighted by molar-refractivity contribution is -0.118. The molecule has 0 bridgehead atoms. The van der Waals surface area contributed by atoms with Crippen LogP contribution in [0.15, 0.2) is 72.8 Å². The number of hydrogen-bond acceptors (Lipinski definition) is 3. The van der Waals surface area contributed by atoms with Crippen LogP contribution in [-0.4, -0.2) is 10.9 Å². The first-order valence-electron chi connectivity index (χ1n) is 8.74. The van der Waals surface area contributed by atoms with E-state index >= 15 is 0 Å². The van der Waals surface area contributed by atoms with Gasteiger partial charge in [0, 0.05) is 5.02 Å². The number of hydrogen-bond donors (Lipinski definition) is 0. The summed E-state index contributed by atoms with van der Waals surface area (Å²) in [4.78, 5) is 19.4. The zero-order chi connectivity index (χ0) is 19.5. The molecule has 1 amide bonds. The van der Waals surface area contributed by atoms with E-state index in [9.17, 15) is 9.18 Å². The molecule has 3 aromatic carbocycles. The van der Waals surface area contributed by atoms with E-state index < -0.39 is 0 Å². The van der Waals surface area contributed by atoms with E-state index in [2.05, 4.69) is 4.98 Å². The lowest BCUT2D eigenvalue weighted by Gasteiger charge is -2.20. The van der Waals surface area contributed by atoms with E-state index in [-0.39, 0.29) is 18.1 Å². The standard InChI is InChI=1S/C22H16ClFN2OS/c23-18-9-5-4-8-16(18)12-21(27)26(14-15-6-2-1-3-7-15)22-25-19-11-10-17(24)13-20(19)28-22/h1-11,13H,12,14H2. The summed E-state index contributed by atoms with van der Waals surface area (Å²) >= 11 is 7.54. The maximum atomic E-state index is 13.6. The van der Waals surface area contributed by atoms with Crippen molar-refractivity contribution in [3.8, 4) is 0 Å². The fraction of sp³-hybridized carbons (Fsp3) is 0.0909. The molecular weight excluding hydrogens is 395 g/mol. The highest BCUT2D eigenvalue weighted by molar-refractivity contribution is 7.22. The number of nitrogens with zero attached hydrogens (tertiary/aromatic N) is 2. The van der Waals surface area contributed by atoms with Crippen molar-refractivity contribution in [1.82, 2.24) is 4.98 Å². The molecule has 0 saturated carbocycles. The first kappa shape index (κ1) is 18.6. The summed E-state index contributed by atoms with van der Waals surface area (Å²) in [5.41, 5.74) is 2.42. The Morgan fingerprint density at radius 3 is 2.57 bits per heavy atom. The Balaban J connectivity index is 1.70. The largest absolute Gasteiger partial charge is 0.283 e. The molecule has 4 rings (SSSR count). The quantitative estimate of drug-likeness (QED) is 0.412. The minimum Gasteiger partial charge on any atom is -0.283 e. The van der Waals surface area contributed by atoms with Crippen LogP contribution in [0.4, 0.5) is 9.52 Å². The van der Waals surface area contributed by atoms with Crippen LogP contribution in [0.2, 0.25) is 5.02 Å². The second-order valence-electron chi connectivity index (χ2n) is 6.34. The molecule has 0 fully saturated rings. The van der Waals surface area contributed by atoms with Crippen molar-refractivity contribution in [3.63, 3.8) is 0 Å². The van der Waals surface area contributed by atoms with Gasteiger partial charge >= 0.3 is 0 Å². The van der Waals surface area contributed by atoms with E-state index in [1.165, 1.54) is 23.5 Å². The van der Waals surface area contributed by atoms with Crippen molar-refractivity contribution >= 4 is 44.2 Å². The van der Waals surface area contributed by atoms with Crippen LogP contribution in [0.1, 0.15) is 11.1 Å². The summed E-state index contributed by atoms with van der Waals surface area (Å²) in [7, 11) is 0. The van der Waals surface area contributed by atoms with E-state index in [1.54, 1.807) is 17.0 Å². The van der Waals surface area contributed by atoms with Crippen LogP contribution in [-0.2, 0) is 17.8 Å². The highest BCUT2D eigenvalue weighted by Gasteiger charge is 2.21. The highest BCUT2D eigenvalue weighted by atomic mass is 35.5. The number of carbonyl (C=O) groups excluding carboxylic acids is 1. The van der Waals surface area contributed by atoms with E-state index in [1.807, 2.05) is 48.5 Å². The molecule has 28 heavy (non-hydrogen) atoms. The average molecular weight is 411 g/mol. The summed E-state index contributed by atoms with van der Waals surface area (Å²) in [5, 5.41) is 1.10. The van der Waals surface area contributed by atoms with Gasteiger partial charge in [-0.3, -0.25) is 9.69 Å². The first-order chi connectivity index (χ1) is 13.6. The molecule has 0 radical (unpaired) electrons. The van der Waals surface area contributed by atoms with Gasteiger partial charge in [0.2, 0.25) is 5.91 Å². The van der Waals surface area contributed by atoms with Gasteiger partial charge in [-0.05, 0) is 35.4 Å². The zero-order valence-electron chi connectivity index (χ0n) is 14.8. The molecule has 0 N–H and O–H groups in total. The van der Waals surface area contributed by atoms with Gasteiger partial charge < -0.3 is 0 Å². The molecule has 6 heteroatoms. The summed E-state index contributed by atoms with van der Waals surface area (Å²) in [6, 6.07) is 21.5. The number of fused-ring (bicyclic) bond motifs is 1. The topological polar surface area (TPSA) is 33.2 Å². The second kappa shape index (κ2) is 8.09. The third kappa shape index (κ3) is 4.06. The number of thiazole rings is 1. The summed E-state index contributed by atoms with van der Waals surface area (Å²) in [5.74, 6) is -0.434. The lowest BCUT2D eigenvalue weighted by Crippen LogP contribution is -2.31. The minimum absolute atomic E-state index is 0.114. The van der Waals surface area contributed by atoms with Crippen molar-refractivity contribution in [2.24, 2.45) is 0 Å². The second-order valence-corrected chi connectivity index (χ2v) is 7.76. The molecule has 1 aromatic heterocycles. The van der Waals surface area contributed by atoms with Gasteiger partial charge in [-0.25, -0.2) is 9.37 Å². The molecule has 0 aliphatic rings. The van der Waals surface area contributed by atoms with Crippen molar-refractivity contribution in [2.75, 3.05) is 4.90 Å². The minimum atomic E-state index is -0.320. The van der Waals surface area contributed by atoms with Gasteiger partial charge in [0.15, 0.2) is 5.13 Å². The van der Waals surface area contributed by atoms with Crippen LogP contribution >= 0.6 is 22.9 Å². The van der Waals surface area contributed by atoms with E-state index in [0.29, 0.717) is 26.9 Å². The van der Waals surface area contributed by atoms with Crippen LogP contribution in [0.5, 0.6) is 0 Å². The Morgan fingerprint density at radius 1 is 1.04 bits per heavy atom. The van der Waals surface area contributed by atoms with Gasteiger partial charge in [-0.15, -0.1) is 0 Å². The molecule has 0 saturated heterocycles. The Morgan fingerprint density at radius 2 is 1.79 bits per heavy atom. The zero-order valence-corrected chi connectivity index (χ0v) is 16.4. The van der Waals surface area contributed by atoms with Gasteiger partial charge in [0.05, 0.1) is 23.2 Å². The predicted molar refractivity (Wildman–Crippen MR) is 112 cm³/mol. The number of carbonyl (C=O) groups is 1. The molecular formula is C22H16ClFN2OS. The van der Waals surface area contributed by atoms with Gasteiger partial charge in [0.25, 0.3) is 0 Å². The van der Waals surface area contributed by atoms with Crippen LogP contribution in [0.3, 0.4) is 0 Å². The molecule has 3 nitrogen and oxygen atoms in total. The molecule has 4 aromatic rings. The Bertz CT molecular complexity index is 1130. The maximum Gasteiger partial charge on any atom is 0.233 e. The number of aromatic nitrogens is 1. The number of amides is 1. The number of benzene rings is 3. The molecule has 0 spiro atoms. The Labute approximate surface area is 171 Å². The molecule has 0 aliphatic carbocycles. The normalized spacial score (nSPS) is 10.9. The smallest absolute Gasteiger partial charge is 0.233 e. The average Bonchev–Trinajstić information content (AvgIpc) is 3.11. The predicted octanol–water partition coefficient (Wildman–Crippen LogP) is 5.86. The van der Waals surface area contributed by atoms with Crippen molar-refractivity contribution in [3.05, 3.63) is 94.8 Å². The summed E-state index contributed by atoms with van der Waals surface area (Å²) < 4.78 is 14.3. The van der Waals surface area contributed by atoms with Gasteiger partial charge in [-0.1, -0.05) is 71.5 Å². The SMILES string of the molecule is O=C(Cc1ccccc1Cl)N(Cc1ccccc1)c1nc2ccc(F)cc2s1. The molecule has 0 atom stereocenters. The van der Waals surface area contributed by atoms with E-state index in [4.69, 9.17) is 11.6 Å². The van der Waals surface area contributed by atoms with Gasteiger partial charge in [-0.2, -0.15) is 0 Å². The Kier molecular flexibility index (Phi) is 5.37. The molecule has 140 valence electrons. The molecule has 0 aliphatic heterocycles. The van der Waals surface area contributed by atoms with Crippen molar-refractivity contribution < 1.29 is 9.18 Å². The first-order valence-corrected chi connectivity index (χ1v) is 9.93. The van der Waals surface area contributed by atoms with Crippen molar-refractivity contribution in [1.29, 1.82) is 0 Å². The molecule has 0 unspecified atom stereocenters. The number of halogens is 2. The van der Waals surface area contributed by atoms with Crippen LogP contribution in [0.25, 0.3) is 10.2 Å². The van der Waals surface area contributed by atoms with E-state index in [0.717, 1.165) is 11.1 Å². The van der Waals surface area contributed by atoms with Crippen molar-refractivity contribution in [2.45, 2.75) is 13.0 Å². The fourth-order valence-corrected chi connectivity index (χ4v) is 4.14. The Hall–Kier alpha value is -2.76. The van der Waals surface area contributed by atoms with Crippen LogP contribution in [0, 0.1) is 5.82 Å². The highest BCUT2D eigenvalue weighted by Crippen LogP contribution is 2.31. The summed E-state index contributed by atoms with van der Waals surface area (Å²) in [6.45, 7) is 0.381.